The summed E-state index contributed by atoms with van der Waals surface area (Å²) in [5, 5.41) is 0. The van der Waals surface area contributed by atoms with Crippen molar-refractivity contribution in [3.8, 4) is 0 Å². The van der Waals surface area contributed by atoms with Crippen LogP contribution >= 0.6 is 11.6 Å². The number of alkyl halides is 4. The van der Waals surface area contributed by atoms with Crippen molar-refractivity contribution in [2.45, 2.75) is 16.8 Å². The smallest absolute Gasteiger partial charge is 0.282 e. The SMILES string of the molecule is O=S(=O)(Nc1ccccc1)C1(Cl)C=Cc2c(cccc2C(F)(F)F)C1. The fourth-order valence-electron chi connectivity index (χ4n) is 2.67. The lowest BCUT2D eigenvalue weighted by atomic mass is 9.92. The van der Waals surface area contributed by atoms with Crippen LogP contribution in [0.1, 0.15) is 16.7 Å². The molecule has 1 N–H and O–H groups in total. The number of para-hydroxylation sites is 1. The van der Waals surface area contributed by atoms with Gasteiger partial charge in [0.05, 0.1) is 5.56 Å². The number of anilines is 1. The Kier molecular flexibility index (Phi) is 4.33. The Morgan fingerprint density at radius 3 is 2.36 bits per heavy atom. The van der Waals surface area contributed by atoms with E-state index in [9.17, 15) is 21.6 Å². The average Bonchev–Trinajstić information content (AvgIpc) is 2.53. The van der Waals surface area contributed by atoms with E-state index >= 15 is 0 Å². The minimum absolute atomic E-state index is 0.0545. The van der Waals surface area contributed by atoms with Crippen LogP contribution < -0.4 is 4.72 Å². The standard InChI is InChI=1S/C17H13ClF3NO2S/c18-16(25(23,24)22-13-6-2-1-3-7-13)10-9-14-12(11-16)5-4-8-15(14)17(19,20)21/h1-10,22H,11H2. The molecule has 0 radical (unpaired) electrons. The van der Waals surface area contributed by atoms with E-state index in [1.807, 2.05) is 0 Å². The third kappa shape index (κ3) is 3.39. The lowest BCUT2D eigenvalue weighted by molar-refractivity contribution is -0.137. The fraction of sp³-hybridized carbons (Fsp3) is 0.176. The van der Waals surface area contributed by atoms with E-state index in [0.29, 0.717) is 5.69 Å². The molecule has 132 valence electrons. The van der Waals surface area contributed by atoms with Gasteiger partial charge in [0.2, 0.25) is 0 Å². The van der Waals surface area contributed by atoms with Crippen molar-refractivity contribution < 1.29 is 21.6 Å². The maximum absolute atomic E-state index is 13.1. The maximum atomic E-state index is 13.1. The Morgan fingerprint density at radius 2 is 1.72 bits per heavy atom. The normalized spacial score (nSPS) is 20.2. The largest absolute Gasteiger partial charge is 0.416 e. The molecular weight excluding hydrogens is 375 g/mol. The number of sulfonamides is 1. The topological polar surface area (TPSA) is 46.2 Å². The monoisotopic (exact) mass is 387 g/mol. The molecule has 3 rings (SSSR count). The van der Waals surface area contributed by atoms with E-state index in [2.05, 4.69) is 4.72 Å². The first-order valence-electron chi connectivity index (χ1n) is 7.27. The van der Waals surface area contributed by atoms with E-state index in [1.165, 1.54) is 12.1 Å². The average molecular weight is 388 g/mol. The summed E-state index contributed by atoms with van der Waals surface area (Å²) < 4.78 is 65.1. The number of benzene rings is 2. The van der Waals surface area contributed by atoms with Gasteiger partial charge < -0.3 is 0 Å². The molecule has 1 aliphatic rings. The van der Waals surface area contributed by atoms with Gasteiger partial charge in [-0.1, -0.05) is 48.0 Å². The molecule has 0 fully saturated rings. The molecule has 0 aromatic heterocycles. The maximum Gasteiger partial charge on any atom is 0.416 e. The highest BCUT2D eigenvalue weighted by atomic mass is 35.5. The summed E-state index contributed by atoms with van der Waals surface area (Å²) >= 11 is 6.29. The summed E-state index contributed by atoms with van der Waals surface area (Å²) in [6, 6.07) is 11.8. The number of halogens is 4. The molecule has 0 saturated carbocycles. The first kappa shape index (κ1) is 17.8. The van der Waals surface area contributed by atoms with E-state index in [1.54, 1.807) is 30.3 Å². The lowest BCUT2D eigenvalue weighted by Crippen LogP contribution is -2.39. The van der Waals surface area contributed by atoms with Crippen LogP contribution in [0.3, 0.4) is 0 Å². The zero-order valence-corrected chi connectivity index (χ0v) is 14.3. The van der Waals surface area contributed by atoms with Crippen molar-refractivity contribution >= 4 is 33.4 Å². The Morgan fingerprint density at radius 1 is 1.04 bits per heavy atom. The first-order chi connectivity index (χ1) is 11.6. The molecule has 2 aromatic carbocycles. The molecule has 8 heteroatoms. The fourth-order valence-corrected chi connectivity index (χ4v) is 4.20. The second kappa shape index (κ2) is 6.07. The van der Waals surface area contributed by atoms with Crippen LogP contribution in [0, 0.1) is 0 Å². The highest BCUT2D eigenvalue weighted by Gasteiger charge is 2.44. The van der Waals surface area contributed by atoms with Gasteiger partial charge in [0.1, 0.15) is 0 Å². The molecule has 3 nitrogen and oxygen atoms in total. The van der Waals surface area contributed by atoms with Gasteiger partial charge in [0, 0.05) is 12.1 Å². The van der Waals surface area contributed by atoms with Gasteiger partial charge in [-0.15, -0.1) is 0 Å². The minimum Gasteiger partial charge on any atom is -0.282 e. The molecule has 1 unspecified atom stereocenters. The van der Waals surface area contributed by atoms with Crippen LogP contribution in [0.15, 0.2) is 54.6 Å². The molecule has 1 aliphatic carbocycles. The predicted octanol–water partition coefficient (Wildman–Crippen LogP) is 4.65. The van der Waals surface area contributed by atoms with Gasteiger partial charge in [0.15, 0.2) is 4.21 Å². The molecule has 25 heavy (non-hydrogen) atoms. The van der Waals surface area contributed by atoms with Crippen LogP contribution in [0.5, 0.6) is 0 Å². The summed E-state index contributed by atoms with van der Waals surface area (Å²) in [7, 11) is -4.08. The third-order valence-electron chi connectivity index (χ3n) is 3.90. The van der Waals surface area contributed by atoms with Crippen LogP contribution in [-0.4, -0.2) is 12.6 Å². The van der Waals surface area contributed by atoms with E-state index < -0.39 is 26.0 Å². The molecule has 2 aromatic rings. The number of rotatable bonds is 3. The minimum atomic E-state index is -4.52. The molecular formula is C17H13ClF3NO2S. The van der Waals surface area contributed by atoms with Gasteiger partial charge in [-0.25, -0.2) is 8.42 Å². The van der Waals surface area contributed by atoms with Crippen LogP contribution in [0.2, 0.25) is 0 Å². The zero-order chi connectivity index (χ0) is 18.3. The molecule has 0 bridgehead atoms. The number of fused-ring (bicyclic) bond motifs is 1. The summed E-state index contributed by atoms with van der Waals surface area (Å²) in [4.78, 5) is 0. The summed E-state index contributed by atoms with van der Waals surface area (Å²) in [6.45, 7) is 0. The highest BCUT2D eigenvalue weighted by Crippen LogP contribution is 2.41. The molecule has 0 saturated heterocycles. The molecule has 0 aliphatic heterocycles. The first-order valence-corrected chi connectivity index (χ1v) is 9.13. The van der Waals surface area contributed by atoms with Crippen LogP contribution in [0.25, 0.3) is 6.08 Å². The van der Waals surface area contributed by atoms with E-state index in [0.717, 1.165) is 18.2 Å². The lowest BCUT2D eigenvalue weighted by Gasteiger charge is -2.29. The molecule has 0 heterocycles. The molecule has 1 atom stereocenters. The van der Waals surface area contributed by atoms with Gasteiger partial charge >= 0.3 is 6.18 Å². The van der Waals surface area contributed by atoms with Crippen molar-refractivity contribution in [2.75, 3.05) is 4.72 Å². The number of hydrogen-bond acceptors (Lipinski definition) is 2. The van der Waals surface area contributed by atoms with E-state index in [4.69, 9.17) is 11.6 Å². The van der Waals surface area contributed by atoms with Crippen molar-refractivity contribution in [3.63, 3.8) is 0 Å². The van der Waals surface area contributed by atoms with Crippen molar-refractivity contribution in [1.29, 1.82) is 0 Å². The third-order valence-corrected chi connectivity index (χ3v) is 6.45. The van der Waals surface area contributed by atoms with Gasteiger partial charge in [-0.3, -0.25) is 4.72 Å². The Hall–Kier alpha value is -1.99. The second-order valence-corrected chi connectivity index (χ2v) is 8.48. The summed E-state index contributed by atoms with van der Waals surface area (Å²) in [6.07, 6.45) is -2.58. The highest BCUT2D eigenvalue weighted by molar-refractivity contribution is 7.95. The predicted molar refractivity (Wildman–Crippen MR) is 91.8 cm³/mol. The van der Waals surface area contributed by atoms with Crippen LogP contribution in [-0.2, 0) is 22.6 Å². The summed E-state index contributed by atoms with van der Waals surface area (Å²) in [5.41, 5.74) is -0.314. The van der Waals surface area contributed by atoms with Crippen molar-refractivity contribution in [3.05, 3.63) is 71.3 Å². The van der Waals surface area contributed by atoms with Crippen molar-refractivity contribution in [1.82, 2.24) is 0 Å². The van der Waals surface area contributed by atoms with Crippen LogP contribution in [0.4, 0.5) is 18.9 Å². The second-order valence-electron chi connectivity index (χ2n) is 5.64. The number of hydrogen-bond donors (Lipinski definition) is 1. The molecule has 0 amide bonds. The number of nitrogens with one attached hydrogen (secondary N) is 1. The van der Waals surface area contributed by atoms with Gasteiger partial charge in [0.25, 0.3) is 10.0 Å². The Balaban J connectivity index is 1.98. The van der Waals surface area contributed by atoms with Crippen molar-refractivity contribution in [2.24, 2.45) is 0 Å². The quantitative estimate of drug-likeness (QED) is 0.779. The summed E-state index contributed by atoms with van der Waals surface area (Å²) in [5.74, 6) is 0. The Labute approximate surface area is 148 Å². The Bertz CT molecular complexity index is 927. The van der Waals surface area contributed by atoms with Gasteiger partial charge in [-0.05, 0) is 35.4 Å². The van der Waals surface area contributed by atoms with Gasteiger partial charge in [-0.2, -0.15) is 13.2 Å². The zero-order valence-electron chi connectivity index (χ0n) is 12.7. The van der Waals surface area contributed by atoms with E-state index in [-0.39, 0.29) is 17.5 Å². The molecule has 0 spiro atoms.